The summed E-state index contributed by atoms with van der Waals surface area (Å²) in [7, 11) is 0. The van der Waals surface area contributed by atoms with Gasteiger partial charge in [0.05, 0.1) is 0 Å². The number of para-hydroxylation sites is 3. The first kappa shape index (κ1) is 38.9. The SMILES string of the molecule is Cc1cccc(N(c2ccccc2)c2ccc(N(c3ccc(N(C4=CC=CC(C)C4)c4ccccc4)cc3)c3ccc(N(c4ccccc4)c4cccc(C)c4)cc3)cc2)c1. The van der Waals surface area contributed by atoms with Gasteiger partial charge in [-0.25, -0.2) is 0 Å². The summed E-state index contributed by atoms with van der Waals surface area (Å²) in [5.41, 5.74) is 15.9. The normalized spacial score (nSPS) is 13.3. The molecule has 1 atom stereocenters. The van der Waals surface area contributed by atoms with Gasteiger partial charge in [0, 0.05) is 68.3 Å². The lowest BCUT2D eigenvalue weighted by atomic mass is 9.98. The van der Waals surface area contributed by atoms with Gasteiger partial charge in [-0.2, -0.15) is 0 Å². The summed E-state index contributed by atoms with van der Waals surface area (Å²) >= 11 is 0. The highest BCUT2D eigenvalue weighted by Gasteiger charge is 2.21. The number of aryl methyl sites for hydroxylation is 2. The molecule has 0 heterocycles. The van der Waals surface area contributed by atoms with Crippen LogP contribution in [0.5, 0.6) is 0 Å². The molecule has 0 saturated carbocycles. The van der Waals surface area contributed by atoms with E-state index in [1.54, 1.807) is 0 Å². The topological polar surface area (TPSA) is 13.0 Å². The largest absolute Gasteiger partial charge is 0.314 e. The molecule has 0 radical (unpaired) electrons. The Balaban J connectivity index is 1.13. The molecule has 9 rings (SSSR count). The van der Waals surface area contributed by atoms with Crippen LogP contribution in [0.2, 0.25) is 0 Å². The van der Waals surface area contributed by atoms with E-state index in [0.29, 0.717) is 5.92 Å². The van der Waals surface area contributed by atoms with E-state index in [1.807, 2.05) is 0 Å². The molecule has 4 heteroatoms. The third-order valence-corrected chi connectivity index (χ3v) is 11.2. The Bertz CT molecular complexity index is 2610. The lowest BCUT2D eigenvalue weighted by molar-refractivity contribution is 0.696. The number of hydrogen-bond acceptors (Lipinski definition) is 4. The van der Waals surface area contributed by atoms with Gasteiger partial charge in [-0.15, -0.1) is 0 Å². The van der Waals surface area contributed by atoms with Crippen LogP contribution in [0, 0.1) is 19.8 Å². The third kappa shape index (κ3) is 8.62. The number of anilines is 11. The Hall–Kier alpha value is -7.56. The van der Waals surface area contributed by atoms with Crippen molar-refractivity contribution < 1.29 is 0 Å². The Labute approximate surface area is 361 Å². The quantitative estimate of drug-likeness (QED) is 0.122. The molecule has 298 valence electrons. The first-order valence-electron chi connectivity index (χ1n) is 21.1. The van der Waals surface area contributed by atoms with Crippen molar-refractivity contribution in [3.05, 3.63) is 247 Å². The van der Waals surface area contributed by atoms with Crippen molar-refractivity contribution in [3.8, 4) is 0 Å². The standard InChI is InChI=1S/C57H50N4/c1-43-16-13-25-55(40-43)59(46-19-7-4-8-20-46)52-34-28-49(29-35-52)58(50-30-36-53(37-31-50)60(47-21-9-5-10-22-47)56-26-14-17-44(2)41-56)51-32-38-54(39-33-51)61(48-23-11-6-12-24-48)57-27-15-18-45(3)42-57/h4-41,45H,42H2,1-3H3. The van der Waals surface area contributed by atoms with Crippen molar-refractivity contribution in [2.45, 2.75) is 27.2 Å². The fraction of sp³-hybridized carbons (Fsp3) is 0.0877. The van der Waals surface area contributed by atoms with Crippen molar-refractivity contribution in [1.29, 1.82) is 0 Å². The molecule has 0 fully saturated rings. The van der Waals surface area contributed by atoms with E-state index in [4.69, 9.17) is 0 Å². The molecule has 0 N–H and O–H groups in total. The molecule has 8 aromatic carbocycles. The van der Waals surface area contributed by atoms with Gasteiger partial charge in [0.1, 0.15) is 0 Å². The summed E-state index contributed by atoms with van der Waals surface area (Å²) in [6.45, 7) is 6.57. The minimum atomic E-state index is 0.472. The number of hydrogen-bond donors (Lipinski definition) is 0. The Morgan fingerprint density at radius 1 is 0.328 bits per heavy atom. The Morgan fingerprint density at radius 3 is 0.967 bits per heavy atom. The monoisotopic (exact) mass is 790 g/mol. The summed E-state index contributed by atoms with van der Waals surface area (Å²) < 4.78 is 0. The maximum Gasteiger partial charge on any atom is 0.0464 e. The molecule has 0 amide bonds. The zero-order chi connectivity index (χ0) is 41.5. The lowest BCUT2D eigenvalue weighted by Crippen LogP contribution is -2.19. The molecule has 1 aliphatic rings. The summed E-state index contributed by atoms with van der Waals surface area (Å²) in [4.78, 5) is 9.39. The van der Waals surface area contributed by atoms with Gasteiger partial charge in [-0.1, -0.05) is 97.9 Å². The Morgan fingerprint density at radius 2 is 0.623 bits per heavy atom. The maximum atomic E-state index is 2.39. The molecule has 0 spiro atoms. The van der Waals surface area contributed by atoms with Crippen LogP contribution in [-0.4, -0.2) is 0 Å². The average Bonchev–Trinajstić information content (AvgIpc) is 3.30. The molecule has 1 aliphatic carbocycles. The van der Waals surface area contributed by atoms with Gasteiger partial charge in [0.2, 0.25) is 0 Å². The molecule has 0 aliphatic heterocycles. The number of nitrogens with zero attached hydrogens (tertiary/aromatic N) is 4. The van der Waals surface area contributed by atoms with E-state index in [9.17, 15) is 0 Å². The van der Waals surface area contributed by atoms with Crippen molar-refractivity contribution in [1.82, 2.24) is 0 Å². The molecule has 0 saturated heterocycles. The molecule has 8 aromatic rings. The van der Waals surface area contributed by atoms with Crippen LogP contribution in [0.4, 0.5) is 62.6 Å². The predicted molar refractivity (Wildman–Crippen MR) is 260 cm³/mol. The molecule has 0 bridgehead atoms. The predicted octanol–water partition coefficient (Wildman–Crippen LogP) is 16.3. The first-order chi connectivity index (χ1) is 30.0. The lowest BCUT2D eigenvalue weighted by Gasteiger charge is -2.32. The summed E-state index contributed by atoms with van der Waals surface area (Å²) in [6, 6.07) is 76.2. The number of benzene rings is 8. The van der Waals surface area contributed by atoms with Crippen LogP contribution in [0.3, 0.4) is 0 Å². The van der Waals surface area contributed by atoms with Gasteiger partial charge in [0.15, 0.2) is 0 Å². The highest BCUT2D eigenvalue weighted by atomic mass is 15.2. The average molecular weight is 791 g/mol. The van der Waals surface area contributed by atoms with Crippen molar-refractivity contribution in [3.63, 3.8) is 0 Å². The second kappa shape index (κ2) is 17.7. The molecule has 61 heavy (non-hydrogen) atoms. The van der Waals surface area contributed by atoms with Gasteiger partial charge in [-0.05, 0) is 177 Å². The number of rotatable bonds is 12. The summed E-state index contributed by atoms with van der Waals surface area (Å²) in [5.74, 6) is 0.472. The highest BCUT2D eigenvalue weighted by Crippen LogP contribution is 2.43. The van der Waals surface area contributed by atoms with Crippen LogP contribution in [0.1, 0.15) is 24.5 Å². The smallest absolute Gasteiger partial charge is 0.0464 e. The van der Waals surface area contributed by atoms with Gasteiger partial charge < -0.3 is 19.6 Å². The van der Waals surface area contributed by atoms with Crippen molar-refractivity contribution in [2.75, 3.05) is 19.6 Å². The van der Waals surface area contributed by atoms with E-state index in [2.05, 4.69) is 271 Å². The van der Waals surface area contributed by atoms with Crippen LogP contribution in [0.15, 0.2) is 236 Å². The minimum absolute atomic E-state index is 0.472. The first-order valence-corrected chi connectivity index (χ1v) is 21.1. The van der Waals surface area contributed by atoms with Gasteiger partial charge in [0.25, 0.3) is 0 Å². The zero-order valence-corrected chi connectivity index (χ0v) is 35.0. The molecular formula is C57H50N4. The molecule has 0 aromatic heterocycles. The fourth-order valence-corrected chi connectivity index (χ4v) is 8.33. The summed E-state index contributed by atoms with van der Waals surface area (Å²) in [6.07, 6.45) is 7.70. The van der Waals surface area contributed by atoms with Gasteiger partial charge >= 0.3 is 0 Å². The van der Waals surface area contributed by atoms with Crippen molar-refractivity contribution in [2.24, 2.45) is 5.92 Å². The Kier molecular flexibility index (Phi) is 11.3. The fourth-order valence-electron chi connectivity index (χ4n) is 8.33. The van der Waals surface area contributed by atoms with E-state index in [-0.39, 0.29) is 0 Å². The number of allylic oxidation sites excluding steroid dienone is 4. The highest BCUT2D eigenvalue weighted by molar-refractivity contribution is 5.84. The molecule has 1 unspecified atom stereocenters. The molecule has 4 nitrogen and oxygen atoms in total. The van der Waals surface area contributed by atoms with E-state index < -0.39 is 0 Å². The third-order valence-electron chi connectivity index (χ3n) is 11.2. The minimum Gasteiger partial charge on any atom is -0.314 e. The van der Waals surface area contributed by atoms with Crippen molar-refractivity contribution >= 4 is 62.6 Å². The molecular weight excluding hydrogens is 741 g/mol. The van der Waals surface area contributed by atoms with E-state index in [1.165, 1.54) is 16.8 Å². The van der Waals surface area contributed by atoms with Crippen LogP contribution >= 0.6 is 0 Å². The van der Waals surface area contributed by atoms with Crippen LogP contribution < -0.4 is 19.6 Å². The van der Waals surface area contributed by atoms with Crippen LogP contribution in [0.25, 0.3) is 0 Å². The van der Waals surface area contributed by atoms with E-state index >= 15 is 0 Å². The second-order valence-corrected chi connectivity index (χ2v) is 15.8. The second-order valence-electron chi connectivity index (χ2n) is 15.8. The maximum absolute atomic E-state index is 2.39. The zero-order valence-electron chi connectivity index (χ0n) is 35.0. The van der Waals surface area contributed by atoms with Crippen LogP contribution in [-0.2, 0) is 0 Å². The summed E-state index contributed by atoms with van der Waals surface area (Å²) in [5, 5.41) is 0. The van der Waals surface area contributed by atoms with E-state index in [0.717, 1.165) is 69.0 Å². The van der Waals surface area contributed by atoms with Gasteiger partial charge in [-0.3, -0.25) is 0 Å².